The van der Waals surface area contributed by atoms with E-state index in [4.69, 9.17) is 5.73 Å². The molecule has 1 heterocycles. The van der Waals surface area contributed by atoms with Crippen LogP contribution in [0.15, 0.2) is 18.2 Å². The minimum atomic E-state index is -0.823. The first-order chi connectivity index (χ1) is 10.2. The third kappa shape index (κ3) is 4.39. The lowest BCUT2D eigenvalue weighted by atomic mass is 10.0. The van der Waals surface area contributed by atoms with Crippen molar-refractivity contribution in [2.24, 2.45) is 11.7 Å². The molecule has 0 spiro atoms. The fourth-order valence-corrected chi connectivity index (χ4v) is 2.30. The van der Waals surface area contributed by atoms with Gasteiger partial charge in [0.25, 0.3) is 0 Å². The Balaban J connectivity index is 0.00000264. The smallest absolute Gasteiger partial charge is 0.227 e. The van der Waals surface area contributed by atoms with Crippen molar-refractivity contribution in [3.05, 3.63) is 29.8 Å². The van der Waals surface area contributed by atoms with Crippen molar-refractivity contribution >= 4 is 29.9 Å². The van der Waals surface area contributed by atoms with Gasteiger partial charge >= 0.3 is 0 Å². The molecule has 1 fully saturated rings. The third-order valence-corrected chi connectivity index (χ3v) is 3.67. The van der Waals surface area contributed by atoms with Crippen LogP contribution in [-0.2, 0) is 9.59 Å². The van der Waals surface area contributed by atoms with Gasteiger partial charge in [-0.05, 0) is 26.0 Å². The molecule has 1 atom stereocenters. The topological polar surface area (TPSA) is 75.4 Å². The number of amides is 2. The second-order valence-electron chi connectivity index (χ2n) is 6.08. The Kier molecular flexibility index (Phi) is 6.07. The highest BCUT2D eigenvalue weighted by Crippen LogP contribution is 2.28. The lowest BCUT2D eigenvalue weighted by Gasteiger charge is -2.26. The molecule has 1 aromatic rings. The van der Waals surface area contributed by atoms with Crippen LogP contribution < -0.4 is 16.0 Å². The number of benzene rings is 1. The highest BCUT2D eigenvalue weighted by Gasteiger charge is 2.37. The predicted molar refractivity (Wildman–Crippen MR) is 85.3 cm³/mol. The van der Waals surface area contributed by atoms with E-state index in [0.717, 1.165) is 6.07 Å². The maximum Gasteiger partial charge on any atom is 0.227 e. The summed E-state index contributed by atoms with van der Waals surface area (Å²) < 4.78 is 26.7. The zero-order chi connectivity index (χ0) is 16.5. The van der Waals surface area contributed by atoms with Crippen molar-refractivity contribution in [1.29, 1.82) is 0 Å². The lowest BCUT2D eigenvalue weighted by molar-refractivity contribution is -0.127. The Bertz CT molecular complexity index is 610. The van der Waals surface area contributed by atoms with E-state index in [-0.39, 0.29) is 49.4 Å². The van der Waals surface area contributed by atoms with E-state index in [9.17, 15) is 18.4 Å². The molecular weight excluding hydrogens is 328 g/mol. The van der Waals surface area contributed by atoms with E-state index in [1.54, 1.807) is 13.8 Å². The summed E-state index contributed by atoms with van der Waals surface area (Å²) in [4.78, 5) is 25.4. The van der Waals surface area contributed by atoms with Gasteiger partial charge in [-0.2, -0.15) is 0 Å². The van der Waals surface area contributed by atoms with Crippen LogP contribution in [0.3, 0.4) is 0 Å². The second kappa shape index (κ2) is 7.23. The van der Waals surface area contributed by atoms with Gasteiger partial charge in [0.1, 0.15) is 11.6 Å². The van der Waals surface area contributed by atoms with Gasteiger partial charge in [-0.3, -0.25) is 9.59 Å². The van der Waals surface area contributed by atoms with Crippen LogP contribution in [0.4, 0.5) is 14.5 Å². The normalized spacial score (nSPS) is 17.9. The van der Waals surface area contributed by atoms with E-state index < -0.39 is 23.1 Å². The average Bonchev–Trinajstić information content (AvgIpc) is 2.80. The summed E-state index contributed by atoms with van der Waals surface area (Å²) in [6, 6.07) is 3.00. The van der Waals surface area contributed by atoms with E-state index in [0.29, 0.717) is 6.07 Å². The minimum Gasteiger partial charge on any atom is -0.350 e. The first-order valence-corrected chi connectivity index (χ1v) is 7.01. The molecule has 5 nitrogen and oxygen atoms in total. The zero-order valence-corrected chi connectivity index (χ0v) is 13.8. The highest BCUT2D eigenvalue weighted by molar-refractivity contribution is 6.00. The molecule has 3 N–H and O–H groups in total. The number of hydrogen-bond acceptors (Lipinski definition) is 3. The largest absolute Gasteiger partial charge is 0.350 e. The number of carbonyl (C=O) groups excluding carboxylic acids is 2. The monoisotopic (exact) mass is 347 g/mol. The molecule has 128 valence electrons. The van der Waals surface area contributed by atoms with Crippen LogP contribution in [0, 0.1) is 17.6 Å². The molecule has 0 radical (unpaired) electrons. The van der Waals surface area contributed by atoms with Gasteiger partial charge in [-0.1, -0.05) is 0 Å². The summed E-state index contributed by atoms with van der Waals surface area (Å²) in [6.45, 7) is 3.88. The molecule has 0 aromatic heterocycles. The fourth-order valence-electron chi connectivity index (χ4n) is 2.30. The number of rotatable bonds is 4. The molecule has 2 amide bonds. The van der Waals surface area contributed by atoms with Crippen LogP contribution in [-0.4, -0.2) is 30.4 Å². The van der Waals surface area contributed by atoms with E-state index in [2.05, 4.69) is 5.32 Å². The Labute approximate surface area is 139 Å². The fraction of sp³-hybridized carbons (Fsp3) is 0.467. The van der Waals surface area contributed by atoms with Crippen molar-refractivity contribution in [2.45, 2.75) is 25.8 Å². The molecule has 23 heavy (non-hydrogen) atoms. The molecule has 0 aliphatic carbocycles. The van der Waals surface area contributed by atoms with Crippen molar-refractivity contribution in [3.63, 3.8) is 0 Å². The molecule has 2 rings (SSSR count). The number of nitrogens with one attached hydrogen (secondary N) is 1. The number of hydrogen-bond donors (Lipinski definition) is 2. The molecule has 1 aliphatic rings. The summed E-state index contributed by atoms with van der Waals surface area (Å²) >= 11 is 0. The summed E-state index contributed by atoms with van der Waals surface area (Å²) in [5.74, 6) is -2.78. The maximum absolute atomic E-state index is 13.8. The van der Waals surface area contributed by atoms with Crippen LogP contribution in [0.5, 0.6) is 0 Å². The maximum atomic E-state index is 13.8. The van der Waals surface area contributed by atoms with Crippen molar-refractivity contribution in [2.75, 3.05) is 18.0 Å². The van der Waals surface area contributed by atoms with Gasteiger partial charge in [0.2, 0.25) is 11.8 Å². The third-order valence-electron chi connectivity index (χ3n) is 3.67. The first-order valence-electron chi connectivity index (χ1n) is 7.01. The number of nitrogens with two attached hydrogens (primary N) is 1. The zero-order valence-electron chi connectivity index (χ0n) is 12.9. The molecule has 8 heteroatoms. The summed E-state index contributed by atoms with van der Waals surface area (Å²) in [7, 11) is 0. The van der Waals surface area contributed by atoms with Crippen molar-refractivity contribution < 1.29 is 18.4 Å². The van der Waals surface area contributed by atoms with Gasteiger partial charge in [0, 0.05) is 31.1 Å². The van der Waals surface area contributed by atoms with Crippen LogP contribution in [0.1, 0.15) is 20.3 Å². The number of carbonyl (C=O) groups is 2. The molecule has 1 aromatic carbocycles. The first kappa shape index (κ1) is 19.3. The second-order valence-corrected chi connectivity index (χ2v) is 6.08. The van der Waals surface area contributed by atoms with Crippen LogP contribution >= 0.6 is 12.4 Å². The molecular formula is C15H20ClF2N3O2. The number of anilines is 1. The van der Waals surface area contributed by atoms with Crippen molar-refractivity contribution in [1.82, 2.24) is 5.32 Å². The SMILES string of the molecule is CC(C)(CN)NC(=O)C1CC(=O)N(c2ccc(F)cc2F)C1.Cl. The molecule has 0 bridgehead atoms. The van der Waals surface area contributed by atoms with Gasteiger partial charge in [0.05, 0.1) is 11.6 Å². The van der Waals surface area contributed by atoms with Gasteiger partial charge in [-0.25, -0.2) is 8.78 Å². The van der Waals surface area contributed by atoms with Gasteiger partial charge < -0.3 is 16.0 Å². The highest BCUT2D eigenvalue weighted by atomic mass is 35.5. The van der Waals surface area contributed by atoms with Gasteiger partial charge in [-0.15, -0.1) is 12.4 Å². The van der Waals surface area contributed by atoms with E-state index in [1.807, 2.05) is 0 Å². The summed E-state index contributed by atoms with van der Waals surface area (Å²) in [5.41, 5.74) is 4.97. The Morgan fingerprint density at radius 2 is 2.09 bits per heavy atom. The van der Waals surface area contributed by atoms with E-state index in [1.165, 1.54) is 11.0 Å². The van der Waals surface area contributed by atoms with Crippen molar-refractivity contribution in [3.8, 4) is 0 Å². The Hall–Kier alpha value is -1.73. The molecule has 1 unspecified atom stereocenters. The molecule has 0 saturated carbocycles. The summed E-state index contributed by atoms with van der Waals surface area (Å²) in [5, 5.41) is 2.77. The van der Waals surface area contributed by atoms with Crippen LogP contribution in [0.2, 0.25) is 0 Å². The Morgan fingerprint density at radius 1 is 1.43 bits per heavy atom. The molecule has 1 saturated heterocycles. The van der Waals surface area contributed by atoms with Crippen LogP contribution in [0.25, 0.3) is 0 Å². The molecule has 1 aliphatic heterocycles. The average molecular weight is 348 g/mol. The van der Waals surface area contributed by atoms with E-state index >= 15 is 0 Å². The Morgan fingerprint density at radius 3 is 2.65 bits per heavy atom. The number of nitrogens with zero attached hydrogens (tertiary/aromatic N) is 1. The lowest BCUT2D eigenvalue weighted by Crippen LogP contribution is -2.51. The standard InChI is InChI=1S/C15H19F2N3O2.ClH/c1-15(2,8-18)19-14(22)9-5-13(21)20(7-9)12-4-3-10(16)6-11(12)17;/h3-4,6,9H,5,7-8,18H2,1-2H3,(H,19,22);1H. The quantitative estimate of drug-likeness (QED) is 0.868. The van der Waals surface area contributed by atoms with Gasteiger partial charge in [0.15, 0.2) is 0 Å². The minimum absolute atomic E-state index is 0. The summed E-state index contributed by atoms with van der Waals surface area (Å²) in [6.07, 6.45) is -0.0106. The number of halogens is 3. The predicted octanol–water partition coefficient (Wildman–Crippen LogP) is 1.59.